The summed E-state index contributed by atoms with van der Waals surface area (Å²) >= 11 is 1.15. The molecule has 33 heavy (non-hydrogen) atoms. The Morgan fingerprint density at radius 3 is 2.64 bits per heavy atom. The topological polar surface area (TPSA) is 116 Å². The maximum Gasteiger partial charge on any atom is 0.416 e. The highest BCUT2D eigenvalue weighted by atomic mass is 32.1. The molecule has 172 valence electrons. The van der Waals surface area contributed by atoms with Gasteiger partial charge in [-0.3, -0.25) is 4.79 Å². The quantitative estimate of drug-likeness (QED) is 0.362. The number of anilines is 2. The van der Waals surface area contributed by atoms with Crippen LogP contribution in [0.15, 0.2) is 59.0 Å². The van der Waals surface area contributed by atoms with Crippen molar-refractivity contribution < 1.29 is 32.6 Å². The van der Waals surface area contributed by atoms with Crippen LogP contribution in [0.2, 0.25) is 0 Å². The molecule has 0 unspecified atom stereocenters. The van der Waals surface area contributed by atoms with Crippen molar-refractivity contribution in [1.82, 2.24) is 10.4 Å². The number of thiazole rings is 1. The molecule has 0 radical (unpaired) electrons. The van der Waals surface area contributed by atoms with E-state index in [2.05, 4.69) is 20.8 Å². The molecule has 1 heterocycles. The molecule has 12 heteroatoms. The first-order chi connectivity index (χ1) is 15.7. The van der Waals surface area contributed by atoms with Gasteiger partial charge in [0.15, 0.2) is 5.13 Å². The van der Waals surface area contributed by atoms with E-state index in [4.69, 9.17) is 4.74 Å². The van der Waals surface area contributed by atoms with Crippen LogP contribution >= 0.6 is 11.3 Å². The largest absolute Gasteiger partial charge is 0.546 e. The van der Waals surface area contributed by atoms with Crippen LogP contribution in [0.1, 0.15) is 16.8 Å². The number of alkyl halides is 3. The Hall–Kier alpha value is -3.93. The molecule has 1 aromatic heterocycles. The van der Waals surface area contributed by atoms with E-state index in [1.54, 1.807) is 29.6 Å². The van der Waals surface area contributed by atoms with E-state index in [1.807, 2.05) is 0 Å². The number of hydrazone groups is 1. The van der Waals surface area contributed by atoms with E-state index in [-0.39, 0.29) is 12.1 Å². The van der Waals surface area contributed by atoms with Gasteiger partial charge in [-0.2, -0.15) is 18.3 Å². The van der Waals surface area contributed by atoms with Crippen LogP contribution in [0.3, 0.4) is 0 Å². The summed E-state index contributed by atoms with van der Waals surface area (Å²) in [6.45, 7) is -0.558. The van der Waals surface area contributed by atoms with Gasteiger partial charge in [-0.25, -0.2) is 10.4 Å². The lowest BCUT2D eigenvalue weighted by molar-refractivity contribution is -0.307. The number of ether oxygens (including phenoxy) is 1. The number of carboxylic acids is 1. The molecule has 3 rings (SSSR count). The summed E-state index contributed by atoms with van der Waals surface area (Å²) in [6, 6.07) is 11.0. The van der Waals surface area contributed by atoms with E-state index >= 15 is 0 Å². The molecule has 0 fully saturated rings. The second kappa shape index (κ2) is 10.6. The standard InChI is InChI=1S/C21H17F3N4O4S/c22-21(23,24)14-2-1-3-15(8-14)26-20-27-16(12-33-20)9-18(29)28-25-10-13-4-6-17(7-5-13)32-11-19(30)31/h1-8,10,12H,9,11H2,(H,26,27)(H,28,29)(H,30,31)/p-1/b25-10-. The molecule has 0 spiro atoms. The van der Waals surface area contributed by atoms with Crippen LogP contribution in [-0.4, -0.2) is 29.7 Å². The van der Waals surface area contributed by atoms with Crippen molar-refractivity contribution in [1.29, 1.82) is 0 Å². The van der Waals surface area contributed by atoms with Gasteiger partial charge >= 0.3 is 6.18 Å². The van der Waals surface area contributed by atoms with Crippen LogP contribution in [-0.2, 0) is 22.2 Å². The van der Waals surface area contributed by atoms with Crippen LogP contribution in [0, 0.1) is 0 Å². The number of benzene rings is 2. The van der Waals surface area contributed by atoms with Gasteiger partial charge in [0, 0.05) is 11.1 Å². The van der Waals surface area contributed by atoms with E-state index in [9.17, 15) is 27.9 Å². The third-order valence-corrected chi connectivity index (χ3v) is 4.78. The summed E-state index contributed by atoms with van der Waals surface area (Å²) in [6.07, 6.45) is -3.13. The number of nitrogens with one attached hydrogen (secondary N) is 2. The number of hydrogen-bond acceptors (Lipinski definition) is 8. The lowest BCUT2D eigenvalue weighted by atomic mass is 10.2. The molecule has 2 N–H and O–H groups in total. The highest BCUT2D eigenvalue weighted by Gasteiger charge is 2.30. The summed E-state index contributed by atoms with van der Waals surface area (Å²) in [5.41, 5.74) is 2.87. The van der Waals surface area contributed by atoms with Crippen LogP contribution in [0.25, 0.3) is 0 Å². The van der Waals surface area contributed by atoms with E-state index < -0.39 is 30.2 Å². The fraction of sp³-hybridized carbons (Fsp3) is 0.143. The van der Waals surface area contributed by atoms with Crippen LogP contribution in [0.4, 0.5) is 24.0 Å². The number of aliphatic carboxylic acids is 1. The van der Waals surface area contributed by atoms with E-state index in [0.717, 1.165) is 23.5 Å². The third-order valence-electron chi connectivity index (χ3n) is 3.97. The summed E-state index contributed by atoms with van der Waals surface area (Å²) in [5, 5.41) is 19.0. The van der Waals surface area contributed by atoms with Gasteiger partial charge in [0.05, 0.1) is 29.9 Å². The molecule has 0 saturated heterocycles. The number of nitrogens with zero attached hydrogens (tertiary/aromatic N) is 2. The van der Waals surface area contributed by atoms with Gasteiger partial charge in [0.1, 0.15) is 12.4 Å². The molecular weight excluding hydrogens is 461 g/mol. The molecule has 0 aliphatic carbocycles. The van der Waals surface area contributed by atoms with Gasteiger partial charge < -0.3 is 20.0 Å². The minimum absolute atomic E-state index is 0.0753. The molecule has 1 amide bonds. The molecule has 2 aromatic carbocycles. The van der Waals surface area contributed by atoms with Crippen LogP contribution < -0.4 is 20.6 Å². The molecule has 0 aliphatic rings. The Kier molecular flexibility index (Phi) is 7.61. The maximum absolute atomic E-state index is 12.8. The molecule has 0 bridgehead atoms. The number of amides is 1. The molecule has 0 atom stereocenters. The van der Waals surface area contributed by atoms with Crippen molar-refractivity contribution in [3.05, 3.63) is 70.7 Å². The first-order valence-corrected chi connectivity index (χ1v) is 10.2. The molecular formula is C21H16F3N4O4S-. The fourth-order valence-electron chi connectivity index (χ4n) is 2.52. The predicted molar refractivity (Wildman–Crippen MR) is 113 cm³/mol. The molecule has 3 aromatic rings. The zero-order chi connectivity index (χ0) is 23.8. The van der Waals surface area contributed by atoms with Crippen LogP contribution in [0.5, 0.6) is 5.75 Å². The van der Waals surface area contributed by atoms with Crippen molar-refractivity contribution >= 4 is 40.2 Å². The lowest BCUT2D eigenvalue weighted by Gasteiger charge is -2.08. The Labute approximate surface area is 189 Å². The monoisotopic (exact) mass is 477 g/mol. The van der Waals surface area contributed by atoms with Crippen molar-refractivity contribution in [3.8, 4) is 5.75 Å². The summed E-state index contributed by atoms with van der Waals surface area (Å²) < 4.78 is 43.4. The van der Waals surface area contributed by atoms with Gasteiger partial charge in [0.25, 0.3) is 0 Å². The summed E-state index contributed by atoms with van der Waals surface area (Å²) in [5.74, 6) is -1.42. The smallest absolute Gasteiger partial charge is 0.416 e. The maximum atomic E-state index is 12.8. The average Bonchev–Trinajstić information content (AvgIpc) is 3.19. The normalized spacial score (nSPS) is 11.4. The second-order valence-electron chi connectivity index (χ2n) is 6.55. The number of halogens is 3. The fourth-order valence-corrected chi connectivity index (χ4v) is 3.25. The third kappa shape index (κ3) is 7.61. The Bertz CT molecular complexity index is 1150. The van der Waals surface area contributed by atoms with Gasteiger partial charge in [-0.1, -0.05) is 6.07 Å². The summed E-state index contributed by atoms with van der Waals surface area (Å²) in [4.78, 5) is 26.6. The van der Waals surface area contributed by atoms with E-state index in [1.165, 1.54) is 18.3 Å². The van der Waals surface area contributed by atoms with Crippen molar-refractivity contribution in [2.24, 2.45) is 5.10 Å². The first kappa shape index (κ1) is 23.7. The number of hydrogen-bond donors (Lipinski definition) is 2. The minimum Gasteiger partial charge on any atom is -0.546 e. The molecule has 0 aliphatic heterocycles. The number of rotatable bonds is 9. The van der Waals surface area contributed by atoms with Gasteiger partial charge in [0.2, 0.25) is 5.91 Å². The van der Waals surface area contributed by atoms with Gasteiger partial charge in [-0.05, 0) is 48.0 Å². The molecule has 8 nitrogen and oxygen atoms in total. The lowest BCUT2D eigenvalue weighted by Crippen LogP contribution is -2.28. The zero-order valence-corrected chi connectivity index (χ0v) is 17.6. The Morgan fingerprint density at radius 2 is 1.94 bits per heavy atom. The average molecular weight is 477 g/mol. The van der Waals surface area contributed by atoms with Crippen molar-refractivity contribution in [2.45, 2.75) is 12.6 Å². The number of carbonyl (C=O) groups is 2. The van der Waals surface area contributed by atoms with E-state index in [0.29, 0.717) is 22.1 Å². The second-order valence-corrected chi connectivity index (χ2v) is 7.41. The molecule has 0 saturated carbocycles. The Balaban J connectivity index is 1.49. The van der Waals surface area contributed by atoms with Gasteiger partial charge in [-0.15, -0.1) is 11.3 Å². The Morgan fingerprint density at radius 1 is 1.18 bits per heavy atom. The summed E-state index contributed by atoms with van der Waals surface area (Å²) in [7, 11) is 0. The highest BCUT2D eigenvalue weighted by Crippen LogP contribution is 2.31. The number of aromatic nitrogens is 1. The number of carboxylic acid groups (broad SMARTS) is 1. The first-order valence-electron chi connectivity index (χ1n) is 9.32. The van der Waals surface area contributed by atoms with Crippen molar-refractivity contribution in [3.63, 3.8) is 0 Å². The van der Waals surface area contributed by atoms with Crippen molar-refractivity contribution in [2.75, 3.05) is 11.9 Å². The minimum atomic E-state index is -4.45. The predicted octanol–water partition coefficient (Wildman–Crippen LogP) is 2.73. The number of carbonyl (C=O) groups excluding carboxylic acids is 2. The highest BCUT2D eigenvalue weighted by molar-refractivity contribution is 7.13. The SMILES string of the molecule is O=C([O-])COc1ccc(/C=N\NC(=O)Cc2csc(Nc3cccc(C(F)(F)F)c3)n2)cc1. The zero-order valence-electron chi connectivity index (χ0n) is 16.8.